The van der Waals surface area contributed by atoms with E-state index in [9.17, 15) is 37.1 Å². The molecule has 2 rings (SSSR count). The molecule has 0 unspecified atom stereocenters. The molecule has 0 saturated carbocycles. The highest BCUT2D eigenvalue weighted by atomic mass is 32.2. The molecule has 0 fully saturated rings. The molecule has 1 atom stereocenters. The van der Waals surface area contributed by atoms with Crippen LogP contribution >= 0.6 is 0 Å². The van der Waals surface area contributed by atoms with Crippen molar-refractivity contribution in [1.29, 1.82) is 0 Å². The number of ether oxygens (including phenoxy) is 1. The number of amides is 1. The van der Waals surface area contributed by atoms with E-state index in [2.05, 4.69) is 19.8 Å². The number of nitrogens with zero attached hydrogens (tertiary/aromatic N) is 2. The van der Waals surface area contributed by atoms with E-state index in [0.29, 0.717) is 0 Å². The van der Waals surface area contributed by atoms with Crippen LogP contribution in [0.1, 0.15) is 34.5 Å². The van der Waals surface area contributed by atoms with E-state index < -0.39 is 63.3 Å². The highest BCUT2D eigenvalue weighted by molar-refractivity contribution is 7.91. The van der Waals surface area contributed by atoms with E-state index in [1.165, 1.54) is 19.1 Å². The predicted molar refractivity (Wildman–Crippen MR) is 139 cm³/mol. The number of halogens is 1. The van der Waals surface area contributed by atoms with E-state index >= 15 is 0 Å². The number of carboxylic acid groups (broad SMARTS) is 1. The number of benzene rings is 1. The van der Waals surface area contributed by atoms with Gasteiger partial charge >= 0.3 is 11.9 Å². The number of esters is 1. The van der Waals surface area contributed by atoms with Crippen molar-refractivity contribution >= 4 is 39.5 Å². The van der Waals surface area contributed by atoms with Crippen molar-refractivity contribution in [3.63, 3.8) is 0 Å². The molecule has 1 amide bonds. The minimum Gasteiger partial charge on any atom is -0.480 e. The summed E-state index contributed by atoms with van der Waals surface area (Å²) in [7, 11) is -3.26. The first-order valence-corrected chi connectivity index (χ1v) is 13.0. The molecular formula is C23H29FN6O8S. The lowest BCUT2D eigenvalue weighted by atomic mass is 10.1. The Balaban J connectivity index is 2.21. The molecule has 7 N–H and O–H groups in total. The largest absolute Gasteiger partial charge is 0.480 e. The number of hydrogen-bond donors (Lipinski definition) is 5. The summed E-state index contributed by atoms with van der Waals surface area (Å²) < 4.78 is 47.0. The number of aryl methyl sites for hydroxylation is 1. The number of rotatable bonds is 13. The van der Waals surface area contributed by atoms with Crippen LogP contribution in [-0.4, -0.2) is 61.6 Å². The van der Waals surface area contributed by atoms with Gasteiger partial charge < -0.3 is 31.2 Å². The summed E-state index contributed by atoms with van der Waals surface area (Å²) in [6.07, 6.45) is 0.271. The molecule has 0 bridgehead atoms. The molecule has 0 aliphatic heterocycles. The van der Waals surface area contributed by atoms with Gasteiger partial charge in [-0.2, -0.15) is 0 Å². The van der Waals surface area contributed by atoms with E-state index in [4.69, 9.17) is 11.5 Å². The van der Waals surface area contributed by atoms with E-state index in [1.807, 2.05) is 0 Å². The third-order valence-corrected chi connectivity index (χ3v) is 6.58. The summed E-state index contributed by atoms with van der Waals surface area (Å²) in [6.45, 7) is 1.04. The number of nitrogens with two attached hydrogens (primary N) is 2. The van der Waals surface area contributed by atoms with Gasteiger partial charge in [0, 0.05) is 12.2 Å². The number of hydrogen-bond acceptors (Lipinski definition) is 8. The van der Waals surface area contributed by atoms with Crippen molar-refractivity contribution in [2.75, 3.05) is 18.4 Å². The SMILES string of the molecule is COC(=O)c1ccc(F)cc1CS(=O)(=O)Nc1ccc(C)n(CC(=O)N[C@H](CCCN=C(N)N)C(=O)O)c1=O. The number of methoxy groups -OCH3 is 1. The van der Waals surface area contributed by atoms with Crippen LogP contribution in [0, 0.1) is 12.7 Å². The van der Waals surface area contributed by atoms with Crippen molar-refractivity contribution in [3.05, 3.63) is 63.3 Å². The Labute approximate surface area is 222 Å². The second-order valence-corrected chi connectivity index (χ2v) is 10.1. The summed E-state index contributed by atoms with van der Waals surface area (Å²) in [5.41, 5.74) is 9.05. The first-order chi connectivity index (χ1) is 18.2. The average molecular weight is 569 g/mol. The summed E-state index contributed by atoms with van der Waals surface area (Å²) in [4.78, 5) is 52.7. The third-order valence-electron chi connectivity index (χ3n) is 5.36. The molecule has 39 heavy (non-hydrogen) atoms. The Hall–Kier alpha value is -4.47. The number of sulfonamides is 1. The number of carboxylic acids is 1. The second-order valence-electron chi connectivity index (χ2n) is 8.34. The Morgan fingerprint density at radius 2 is 1.90 bits per heavy atom. The van der Waals surface area contributed by atoms with Gasteiger partial charge in [-0.1, -0.05) is 0 Å². The van der Waals surface area contributed by atoms with Gasteiger partial charge in [-0.05, 0) is 55.7 Å². The zero-order valence-corrected chi connectivity index (χ0v) is 22.0. The Morgan fingerprint density at radius 1 is 1.21 bits per heavy atom. The number of aromatic nitrogens is 1. The van der Waals surface area contributed by atoms with Gasteiger partial charge in [0.15, 0.2) is 5.96 Å². The number of aliphatic imine (C=N–C) groups is 1. The Morgan fingerprint density at radius 3 is 2.51 bits per heavy atom. The van der Waals surface area contributed by atoms with E-state index in [0.717, 1.165) is 29.9 Å². The number of nitrogens with one attached hydrogen (secondary N) is 2. The standard InChI is InChI=1S/C23H29FN6O8S/c1-13-5-8-17(29-39(36,37)12-14-10-15(24)6-7-16(14)22(35)38-2)20(32)30(13)11-19(31)28-18(21(33)34)4-3-9-27-23(25)26/h5-8,10,18,29H,3-4,9,11-12H2,1-2H3,(H,28,31)(H,33,34)(H4,25,26,27)/t18-/m1/s1. The minimum atomic E-state index is -4.34. The van der Waals surface area contributed by atoms with Crippen LogP contribution in [-0.2, 0) is 36.6 Å². The molecular weight excluding hydrogens is 539 g/mol. The Bertz CT molecular complexity index is 1440. The van der Waals surface area contributed by atoms with Crippen LogP contribution < -0.4 is 27.1 Å². The molecule has 16 heteroatoms. The van der Waals surface area contributed by atoms with Crippen LogP contribution in [0.15, 0.2) is 40.1 Å². The number of carbonyl (C=O) groups excluding carboxylic acids is 2. The Kier molecular flexibility index (Phi) is 10.5. The maximum Gasteiger partial charge on any atom is 0.338 e. The van der Waals surface area contributed by atoms with Gasteiger partial charge in [-0.25, -0.2) is 22.4 Å². The zero-order chi connectivity index (χ0) is 29.3. The van der Waals surface area contributed by atoms with Crippen molar-refractivity contribution in [3.8, 4) is 0 Å². The third kappa shape index (κ3) is 9.10. The molecule has 0 radical (unpaired) electrons. The summed E-state index contributed by atoms with van der Waals surface area (Å²) in [6, 6.07) is 4.19. The lowest BCUT2D eigenvalue weighted by Gasteiger charge is -2.17. The molecule has 0 aliphatic carbocycles. The molecule has 1 heterocycles. The van der Waals surface area contributed by atoms with Gasteiger partial charge in [0.1, 0.15) is 24.1 Å². The quantitative estimate of drug-likeness (QED) is 0.0913. The zero-order valence-electron chi connectivity index (χ0n) is 21.1. The summed E-state index contributed by atoms with van der Waals surface area (Å²) in [5.74, 6) is -4.79. The number of pyridine rings is 1. The van der Waals surface area contributed by atoms with Gasteiger partial charge in [-0.15, -0.1) is 0 Å². The van der Waals surface area contributed by atoms with Crippen LogP contribution in [0.2, 0.25) is 0 Å². The summed E-state index contributed by atoms with van der Waals surface area (Å²) >= 11 is 0. The summed E-state index contributed by atoms with van der Waals surface area (Å²) in [5, 5.41) is 11.7. The van der Waals surface area contributed by atoms with Crippen LogP contribution in [0.25, 0.3) is 0 Å². The lowest BCUT2D eigenvalue weighted by molar-refractivity contribution is -0.142. The number of anilines is 1. The average Bonchev–Trinajstić information content (AvgIpc) is 2.84. The topological polar surface area (TPSA) is 225 Å². The van der Waals surface area contributed by atoms with Crippen LogP contribution in [0.3, 0.4) is 0 Å². The fourth-order valence-corrected chi connectivity index (χ4v) is 4.70. The molecule has 1 aromatic carbocycles. The fourth-order valence-electron chi connectivity index (χ4n) is 3.49. The smallest absolute Gasteiger partial charge is 0.338 e. The highest BCUT2D eigenvalue weighted by Crippen LogP contribution is 2.17. The van der Waals surface area contributed by atoms with Gasteiger partial charge in [-0.3, -0.25) is 19.3 Å². The molecule has 0 saturated heterocycles. The molecule has 14 nitrogen and oxygen atoms in total. The monoisotopic (exact) mass is 568 g/mol. The first kappa shape index (κ1) is 30.8. The van der Waals surface area contributed by atoms with Gasteiger partial charge in [0.25, 0.3) is 5.56 Å². The van der Waals surface area contributed by atoms with Crippen molar-refractivity contribution < 1.29 is 37.0 Å². The van der Waals surface area contributed by atoms with Crippen LogP contribution in [0.5, 0.6) is 0 Å². The van der Waals surface area contributed by atoms with E-state index in [1.54, 1.807) is 0 Å². The van der Waals surface area contributed by atoms with Crippen molar-refractivity contribution in [2.45, 2.75) is 38.1 Å². The molecule has 1 aromatic heterocycles. The molecule has 2 aromatic rings. The fraction of sp³-hybridized carbons (Fsp3) is 0.348. The number of carbonyl (C=O) groups is 3. The second kappa shape index (κ2) is 13.4. The lowest BCUT2D eigenvalue weighted by Crippen LogP contribution is -2.44. The van der Waals surface area contributed by atoms with E-state index in [-0.39, 0.29) is 42.2 Å². The van der Waals surface area contributed by atoms with Crippen LogP contribution in [0.4, 0.5) is 10.1 Å². The molecule has 0 aliphatic rings. The van der Waals surface area contributed by atoms with Gasteiger partial charge in [0.2, 0.25) is 15.9 Å². The maximum atomic E-state index is 13.7. The predicted octanol–water partition coefficient (Wildman–Crippen LogP) is -0.353. The first-order valence-electron chi connectivity index (χ1n) is 11.4. The number of aliphatic carboxylic acids is 1. The maximum absolute atomic E-state index is 13.7. The number of guanidine groups is 1. The van der Waals surface area contributed by atoms with Crippen molar-refractivity contribution in [1.82, 2.24) is 9.88 Å². The highest BCUT2D eigenvalue weighted by Gasteiger charge is 2.23. The molecule has 0 spiro atoms. The normalized spacial score (nSPS) is 11.8. The molecule has 212 valence electrons. The van der Waals surface area contributed by atoms with Gasteiger partial charge in [0.05, 0.1) is 18.4 Å². The van der Waals surface area contributed by atoms with Crippen molar-refractivity contribution in [2.24, 2.45) is 16.5 Å². The minimum absolute atomic E-state index is 0.0131.